The normalized spacial score (nSPS) is 11.8. The summed E-state index contributed by atoms with van der Waals surface area (Å²) in [5, 5.41) is 12.1. The molecular formula is C8H7ClN2O3. The number of alkyl halides is 1. The summed E-state index contributed by atoms with van der Waals surface area (Å²) in [6.07, 6.45) is 0. The van der Waals surface area contributed by atoms with Crippen LogP contribution in [0.4, 0.5) is 0 Å². The average molecular weight is 215 g/mol. The Bertz CT molecular complexity index is 342. The smallest absolute Gasteiger partial charge is 0.276 e. The molecule has 74 valence electrons. The van der Waals surface area contributed by atoms with Gasteiger partial charge in [-0.05, 0) is 23.7 Å². The van der Waals surface area contributed by atoms with Crippen molar-refractivity contribution in [3.8, 4) is 0 Å². The molecule has 0 spiro atoms. The van der Waals surface area contributed by atoms with Crippen molar-refractivity contribution in [3.63, 3.8) is 0 Å². The Hall–Kier alpha value is -1.62. The van der Waals surface area contributed by atoms with Crippen molar-refractivity contribution in [1.82, 2.24) is 5.32 Å². The Morgan fingerprint density at radius 2 is 2.00 bits per heavy atom. The van der Waals surface area contributed by atoms with E-state index in [1.165, 1.54) is 0 Å². The van der Waals surface area contributed by atoms with Crippen LogP contribution in [-0.2, 0) is 0 Å². The fourth-order valence-corrected chi connectivity index (χ4v) is 0.933. The molecule has 0 radical (unpaired) electrons. The van der Waals surface area contributed by atoms with Crippen molar-refractivity contribution in [3.05, 3.63) is 46.0 Å². The SMILES string of the molecule is O=C(NC(Cl)[N+](=O)[O-])c1ccccc1. The maximum Gasteiger partial charge on any atom is 0.364 e. The second kappa shape index (κ2) is 4.57. The van der Waals surface area contributed by atoms with Crippen LogP contribution in [0, 0.1) is 10.1 Å². The molecule has 0 saturated heterocycles. The number of hydrogen-bond donors (Lipinski definition) is 1. The van der Waals surface area contributed by atoms with Crippen molar-refractivity contribution >= 4 is 17.5 Å². The van der Waals surface area contributed by atoms with Gasteiger partial charge < -0.3 is 0 Å². The molecule has 0 aliphatic rings. The summed E-state index contributed by atoms with van der Waals surface area (Å²) in [7, 11) is 0. The molecule has 1 aromatic rings. The summed E-state index contributed by atoms with van der Waals surface area (Å²) in [5.74, 6) is -0.567. The zero-order valence-corrected chi connectivity index (χ0v) is 7.77. The molecule has 5 nitrogen and oxygen atoms in total. The van der Waals surface area contributed by atoms with Gasteiger partial charge in [0.2, 0.25) is 0 Å². The van der Waals surface area contributed by atoms with Gasteiger partial charge in [0.05, 0.1) is 4.92 Å². The highest BCUT2D eigenvalue weighted by molar-refractivity contribution is 6.20. The molecule has 0 aliphatic carbocycles. The molecule has 0 bridgehead atoms. The van der Waals surface area contributed by atoms with Gasteiger partial charge in [0.25, 0.3) is 5.91 Å². The lowest BCUT2D eigenvalue weighted by molar-refractivity contribution is -0.502. The molecule has 0 fully saturated rings. The first-order chi connectivity index (χ1) is 6.61. The van der Waals surface area contributed by atoms with Crippen molar-refractivity contribution in [2.75, 3.05) is 0 Å². The van der Waals surface area contributed by atoms with Crippen LogP contribution in [0.25, 0.3) is 0 Å². The summed E-state index contributed by atoms with van der Waals surface area (Å²) in [6, 6.07) is 8.13. The Morgan fingerprint density at radius 1 is 1.43 bits per heavy atom. The number of amides is 1. The van der Waals surface area contributed by atoms with E-state index in [2.05, 4.69) is 0 Å². The van der Waals surface area contributed by atoms with Gasteiger partial charge in [0.15, 0.2) is 0 Å². The number of nitrogens with one attached hydrogen (secondary N) is 1. The lowest BCUT2D eigenvalue weighted by Crippen LogP contribution is -2.36. The molecule has 1 atom stereocenters. The lowest BCUT2D eigenvalue weighted by Gasteiger charge is -2.04. The van der Waals surface area contributed by atoms with E-state index in [1.807, 2.05) is 5.32 Å². The molecule has 14 heavy (non-hydrogen) atoms. The Morgan fingerprint density at radius 3 is 2.50 bits per heavy atom. The molecule has 0 aromatic heterocycles. The maximum atomic E-state index is 11.3. The largest absolute Gasteiger partial charge is 0.364 e. The summed E-state index contributed by atoms with van der Waals surface area (Å²) in [6.45, 7) is 0. The average Bonchev–Trinajstić information content (AvgIpc) is 2.19. The van der Waals surface area contributed by atoms with Crippen molar-refractivity contribution in [2.24, 2.45) is 0 Å². The molecule has 0 aliphatic heterocycles. The van der Waals surface area contributed by atoms with E-state index >= 15 is 0 Å². The van der Waals surface area contributed by atoms with Gasteiger partial charge in [-0.2, -0.15) is 0 Å². The Balaban J connectivity index is 2.64. The molecule has 1 unspecified atom stereocenters. The molecular weight excluding hydrogens is 208 g/mol. The number of rotatable bonds is 3. The minimum Gasteiger partial charge on any atom is -0.276 e. The summed E-state index contributed by atoms with van der Waals surface area (Å²) in [5.41, 5.74) is -1.26. The van der Waals surface area contributed by atoms with Gasteiger partial charge in [0.1, 0.15) is 0 Å². The van der Waals surface area contributed by atoms with Crippen molar-refractivity contribution in [2.45, 2.75) is 5.62 Å². The molecule has 0 heterocycles. The van der Waals surface area contributed by atoms with Crippen LogP contribution < -0.4 is 5.32 Å². The molecule has 6 heteroatoms. The van der Waals surface area contributed by atoms with Crippen LogP contribution in [0.3, 0.4) is 0 Å². The van der Waals surface area contributed by atoms with E-state index in [0.29, 0.717) is 5.56 Å². The van der Waals surface area contributed by atoms with Crippen LogP contribution in [0.15, 0.2) is 30.3 Å². The second-order valence-corrected chi connectivity index (χ2v) is 2.87. The number of carbonyl (C=O) groups excluding carboxylic acids is 1. The van der Waals surface area contributed by atoms with Crippen LogP contribution >= 0.6 is 11.6 Å². The van der Waals surface area contributed by atoms with Crippen molar-refractivity contribution < 1.29 is 9.72 Å². The monoisotopic (exact) mass is 214 g/mol. The highest BCUT2D eigenvalue weighted by Gasteiger charge is 2.18. The maximum absolute atomic E-state index is 11.3. The second-order valence-electron chi connectivity index (χ2n) is 2.46. The van der Waals surface area contributed by atoms with Crippen LogP contribution in [-0.4, -0.2) is 16.5 Å². The predicted octanol–water partition coefficient (Wildman–Crippen LogP) is 1.22. The first kappa shape index (κ1) is 10.5. The Labute approximate surface area is 84.8 Å². The number of nitrogens with zero attached hydrogens (tertiary/aromatic N) is 1. The molecule has 1 amide bonds. The van der Waals surface area contributed by atoms with Gasteiger partial charge in [-0.1, -0.05) is 18.2 Å². The van der Waals surface area contributed by atoms with E-state index in [0.717, 1.165) is 0 Å². The van der Waals surface area contributed by atoms with Gasteiger partial charge in [-0.25, -0.2) is 0 Å². The molecule has 0 saturated carbocycles. The standard InChI is InChI=1S/C8H7ClN2O3/c9-8(11(13)14)10-7(12)6-4-2-1-3-5-6/h1-5,8H,(H,10,12). The summed E-state index contributed by atoms with van der Waals surface area (Å²) >= 11 is 5.23. The first-order valence-electron chi connectivity index (χ1n) is 3.75. The van der Waals surface area contributed by atoms with Gasteiger partial charge >= 0.3 is 5.62 Å². The first-order valence-corrected chi connectivity index (χ1v) is 4.18. The fraction of sp³-hybridized carbons (Fsp3) is 0.125. The summed E-state index contributed by atoms with van der Waals surface area (Å²) < 4.78 is 0. The quantitative estimate of drug-likeness (QED) is 0.270. The highest BCUT2D eigenvalue weighted by Crippen LogP contribution is 2.00. The van der Waals surface area contributed by atoms with Crippen LogP contribution in [0.5, 0.6) is 0 Å². The number of benzene rings is 1. The lowest BCUT2D eigenvalue weighted by atomic mass is 10.2. The van der Waals surface area contributed by atoms with Gasteiger partial charge in [0, 0.05) is 5.56 Å². The molecule has 1 N–H and O–H groups in total. The van der Waals surface area contributed by atoms with Gasteiger partial charge in [-0.3, -0.25) is 20.2 Å². The fourth-order valence-electron chi connectivity index (χ4n) is 0.834. The topological polar surface area (TPSA) is 72.2 Å². The molecule has 1 rings (SSSR count). The zero-order valence-electron chi connectivity index (χ0n) is 7.01. The van der Waals surface area contributed by atoms with Gasteiger partial charge in [-0.15, -0.1) is 0 Å². The minimum absolute atomic E-state index is 0.333. The van der Waals surface area contributed by atoms with E-state index in [4.69, 9.17) is 11.6 Å². The highest BCUT2D eigenvalue weighted by atomic mass is 35.5. The Kier molecular flexibility index (Phi) is 3.41. The molecule has 1 aromatic carbocycles. The number of nitro groups is 1. The van der Waals surface area contributed by atoms with E-state index < -0.39 is 16.5 Å². The summed E-state index contributed by atoms with van der Waals surface area (Å²) in [4.78, 5) is 20.6. The number of hydrogen-bond acceptors (Lipinski definition) is 3. The van der Waals surface area contributed by atoms with Crippen LogP contribution in [0.2, 0.25) is 0 Å². The minimum atomic E-state index is -1.59. The van der Waals surface area contributed by atoms with E-state index in [-0.39, 0.29) is 0 Å². The third-order valence-corrected chi connectivity index (χ3v) is 1.74. The number of carbonyl (C=O) groups is 1. The van der Waals surface area contributed by atoms with E-state index in [9.17, 15) is 14.9 Å². The zero-order chi connectivity index (χ0) is 10.6. The third kappa shape index (κ3) is 2.70. The van der Waals surface area contributed by atoms with Crippen LogP contribution in [0.1, 0.15) is 10.4 Å². The van der Waals surface area contributed by atoms with E-state index in [1.54, 1.807) is 30.3 Å². The number of halogens is 1. The third-order valence-electron chi connectivity index (χ3n) is 1.47. The van der Waals surface area contributed by atoms with Crippen molar-refractivity contribution in [1.29, 1.82) is 0 Å². The predicted molar refractivity (Wildman–Crippen MR) is 50.5 cm³/mol.